The Morgan fingerprint density at radius 1 is 1.17 bits per heavy atom. The third-order valence-electron chi connectivity index (χ3n) is 5.44. The van der Waals surface area contributed by atoms with Gasteiger partial charge in [0.25, 0.3) is 0 Å². The lowest BCUT2D eigenvalue weighted by Crippen LogP contribution is -2.43. The number of piperidine rings is 1. The zero-order chi connectivity index (χ0) is 19.6. The molecule has 1 fully saturated rings. The molecule has 1 unspecified atom stereocenters. The largest absolute Gasteiger partial charge is 0.355 e. The molecule has 1 aliphatic heterocycles. The Balaban J connectivity index is 1.18. The van der Waals surface area contributed by atoms with Crippen LogP contribution in [0.5, 0.6) is 0 Å². The number of hydrogen-bond donors (Lipinski definition) is 1. The van der Waals surface area contributed by atoms with Gasteiger partial charge in [-0.1, -0.05) is 29.5 Å². The Morgan fingerprint density at radius 2 is 2.07 bits per heavy atom. The van der Waals surface area contributed by atoms with Crippen LogP contribution in [0.3, 0.4) is 0 Å². The molecule has 1 N–H and O–H groups in total. The maximum Gasteiger partial charge on any atom is 0.224 e. The minimum atomic E-state index is 0.0110. The molecule has 1 atom stereocenters. The van der Waals surface area contributed by atoms with Crippen molar-refractivity contribution in [2.45, 2.75) is 19.3 Å². The maximum atomic E-state index is 12.7. The fourth-order valence-electron chi connectivity index (χ4n) is 3.93. The van der Waals surface area contributed by atoms with Crippen molar-refractivity contribution in [3.8, 4) is 0 Å². The van der Waals surface area contributed by atoms with E-state index < -0.39 is 0 Å². The van der Waals surface area contributed by atoms with Gasteiger partial charge in [-0.15, -0.1) is 0 Å². The predicted molar refractivity (Wildman–Crippen MR) is 116 cm³/mol. The molecular weight excluding hydrogens is 382 g/mol. The molecule has 1 amide bonds. The molecule has 4 heterocycles. The molecule has 3 aromatic heterocycles. The van der Waals surface area contributed by atoms with E-state index in [1.165, 1.54) is 4.70 Å². The fraction of sp³-hybridized carbons (Fsp3) is 0.318. The van der Waals surface area contributed by atoms with Crippen LogP contribution in [-0.4, -0.2) is 39.9 Å². The second kappa shape index (κ2) is 7.83. The van der Waals surface area contributed by atoms with E-state index in [-0.39, 0.29) is 11.8 Å². The molecule has 0 spiro atoms. The minimum absolute atomic E-state index is 0.0110. The van der Waals surface area contributed by atoms with Crippen molar-refractivity contribution in [2.75, 3.05) is 24.5 Å². The highest BCUT2D eigenvalue weighted by Crippen LogP contribution is 2.31. The Hall–Kier alpha value is -2.93. The summed E-state index contributed by atoms with van der Waals surface area (Å²) in [6.07, 6.45) is 6.70. The van der Waals surface area contributed by atoms with Gasteiger partial charge in [0.2, 0.25) is 5.91 Å². The number of anilines is 1. The van der Waals surface area contributed by atoms with Gasteiger partial charge in [-0.05, 0) is 37.1 Å². The van der Waals surface area contributed by atoms with Crippen LogP contribution in [0.15, 0.2) is 54.9 Å². The number of carbonyl (C=O) groups excluding carboxylic acids is 1. The number of nitrogens with one attached hydrogen (secondary N) is 1. The van der Waals surface area contributed by atoms with Gasteiger partial charge in [0.1, 0.15) is 5.65 Å². The van der Waals surface area contributed by atoms with E-state index in [2.05, 4.69) is 21.3 Å². The average molecular weight is 406 g/mol. The van der Waals surface area contributed by atoms with Gasteiger partial charge in [0.05, 0.1) is 21.8 Å². The maximum absolute atomic E-state index is 12.7. The first-order valence-corrected chi connectivity index (χ1v) is 10.9. The smallest absolute Gasteiger partial charge is 0.224 e. The van der Waals surface area contributed by atoms with E-state index in [1.54, 1.807) is 11.3 Å². The van der Waals surface area contributed by atoms with Crippen LogP contribution >= 0.6 is 11.3 Å². The van der Waals surface area contributed by atoms with Crippen LogP contribution < -0.4 is 10.2 Å². The minimum Gasteiger partial charge on any atom is -0.355 e. The number of thiazole rings is 1. The first-order valence-electron chi connectivity index (χ1n) is 10.1. The monoisotopic (exact) mass is 405 g/mol. The molecule has 1 aliphatic rings. The van der Waals surface area contributed by atoms with Gasteiger partial charge in [-0.3, -0.25) is 4.79 Å². The fourth-order valence-corrected chi connectivity index (χ4v) is 4.93. The van der Waals surface area contributed by atoms with Crippen LogP contribution in [0.25, 0.3) is 15.9 Å². The summed E-state index contributed by atoms with van der Waals surface area (Å²) in [4.78, 5) is 24.3. The topological polar surface area (TPSA) is 62.5 Å². The summed E-state index contributed by atoms with van der Waals surface area (Å²) in [5, 5.41) is 4.13. The molecule has 4 aromatic rings. The third-order valence-corrected chi connectivity index (χ3v) is 6.54. The summed E-state index contributed by atoms with van der Waals surface area (Å²) >= 11 is 1.71. The molecular formula is C22H23N5OS. The molecule has 7 heteroatoms. The van der Waals surface area contributed by atoms with E-state index in [1.807, 2.05) is 53.2 Å². The lowest BCUT2D eigenvalue weighted by atomic mass is 9.97. The van der Waals surface area contributed by atoms with Crippen LogP contribution in [0.2, 0.25) is 0 Å². The zero-order valence-corrected chi connectivity index (χ0v) is 16.9. The first-order chi connectivity index (χ1) is 14.3. The number of hydrogen-bond acceptors (Lipinski definition) is 5. The number of pyridine rings is 1. The standard InChI is InChI=1S/C22H23N5OS/c28-21(23-11-10-17-15-26-12-4-3-9-20(26)24-17)16-6-5-13-27(14-16)22-25-18-7-1-2-8-19(18)29-22/h1-4,7-9,12,15-16H,5-6,10-11,13-14H2,(H,23,28). The van der Waals surface area contributed by atoms with Gasteiger partial charge in [-0.2, -0.15) is 0 Å². The lowest BCUT2D eigenvalue weighted by molar-refractivity contribution is -0.125. The second-order valence-corrected chi connectivity index (χ2v) is 8.50. The van der Waals surface area contributed by atoms with Crippen molar-refractivity contribution in [1.29, 1.82) is 0 Å². The first kappa shape index (κ1) is 18.1. The zero-order valence-electron chi connectivity index (χ0n) is 16.1. The number of aromatic nitrogens is 3. The van der Waals surface area contributed by atoms with Crippen molar-refractivity contribution in [3.63, 3.8) is 0 Å². The SMILES string of the molecule is O=C(NCCc1cn2ccccc2n1)C1CCCN(c2nc3ccccc3s2)C1. The lowest BCUT2D eigenvalue weighted by Gasteiger charge is -2.31. The molecule has 0 radical (unpaired) electrons. The molecule has 29 heavy (non-hydrogen) atoms. The molecule has 0 bridgehead atoms. The van der Waals surface area contributed by atoms with Gasteiger partial charge < -0.3 is 14.6 Å². The summed E-state index contributed by atoms with van der Waals surface area (Å²) in [5.74, 6) is 0.149. The van der Waals surface area contributed by atoms with Crippen molar-refractivity contribution < 1.29 is 4.79 Å². The van der Waals surface area contributed by atoms with E-state index in [0.29, 0.717) is 6.54 Å². The van der Waals surface area contributed by atoms with Crippen molar-refractivity contribution in [2.24, 2.45) is 5.92 Å². The number of imidazole rings is 1. The number of para-hydroxylation sites is 1. The molecule has 1 aromatic carbocycles. The van der Waals surface area contributed by atoms with Crippen molar-refractivity contribution >= 4 is 38.2 Å². The van der Waals surface area contributed by atoms with Crippen molar-refractivity contribution in [1.82, 2.24) is 19.7 Å². The van der Waals surface area contributed by atoms with E-state index in [9.17, 15) is 4.79 Å². The van der Waals surface area contributed by atoms with Gasteiger partial charge >= 0.3 is 0 Å². The highest BCUT2D eigenvalue weighted by molar-refractivity contribution is 7.22. The van der Waals surface area contributed by atoms with Crippen LogP contribution in [-0.2, 0) is 11.2 Å². The molecule has 0 aliphatic carbocycles. The Kier molecular flexibility index (Phi) is 4.89. The van der Waals surface area contributed by atoms with Crippen LogP contribution in [0, 0.1) is 5.92 Å². The van der Waals surface area contributed by atoms with E-state index >= 15 is 0 Å². The molecule has 6 nitrogen and oxygen atoms in total. The number of amides is 1. The van der Waals surface area contributed by atoms with Gasteiger partial charge in [0, 0.05) is 38.4 Å². The third kappa shape index (κ3) is 3.82. The average Bonchev–Trinajstić information content (AvgIpc) is 3.37. The number of benzene rings is 1. The molecule has 148 valence electrons. The number of carbonyl (C=O) groups is 1. The summed E-state index contributed by atoms with van der Waals surface area (Å²) in [7, 11) is 0. The predicted octanol–water partition coefficient (Wildman–Crippen LogP) is 3.52. The molecule has 0 saturated carbocycles. The van der Waals surface area contributed by atoms with Gasteiger partial charge in [0.15, 0.2) is 5.13 Å². The Bertz CT molecular complexity index is 1080. The highest BCUT2D eigenvalue weighted by atomic mass is 32.1. The van der Waals surface area contributed by atoms with Gasteiger partial charge in [-0.25, -0.2) is 9.97 Å². The quantitative estimate of drug-likeness (QED) is 0.552. The van der Waals surface area contributed by atoms with Crippen LogP contribution in [0.4, 0.5) is 5.13 Å². The number of fused-ring (bicyclic) bond motifs is 2. The number of nitrogens with zero attached hydrogens (tertiary/aromatic N) is 4. The Labute approximate surface area is 173 Å². The molecule has 5 rings (SSSR count). The summed E-state index contributed by atoms with van der Waals surface area (Å²) in [6.45, 7) is 2.31. The summed E-state index contributed by atoms with van der Waals surface area (Å²) in [5.41, 5.74) is 2.97. The van der Waals surface area contributed by atoms with Crippen LogP contribution in [0.1, 0.15) is 18.5 Å². The number of rotatable bonds is 5. The Morgan fingerprint density at radius 3 is 2.97 bits per heavy atom. The van der Waals surface area contributed by atoms with Crippen molar-refractivity contribution in [3.05, 3.63) is 60.6 Å². The summed E-state index contributed by atoms with van der Waals surface area (Å²) in [6, 6.07) is 14.2. The second-order valence-electron chi connectivity index (χ2n) is 7.49. The van der Waals surface area contributed by atoms with E-state index in [4.69, 9.17) is 4.98 Å². The van der Waals surface area contributed by atoms with E-state index in [0.717, 1.165) is 54.3 Å². The molecule has 1 saturated heterocycles. The normalized spacial score (nSPS) is 17.1. The summed E-state index contributed by atoms with van der Waals surface area (Å²) < 4.78 is 3.20. The highest BCUT2D eigenvalue weighted by Gasteiger charge is 2.27.